The third-order valence-corrected chi connectivity index (χ3v) is 3.55. The molecule has 3 rings (SSSR count). The van der Waals surface area contributed by atoms with Crippen LogP contribution in [0.1, 0.15) is 22.7 Å². The fraction of sp³-hybridized carbons (Fsp3) is 0.167. The summed E-state index contributed by atoms with van der Waals surface area (Å²) in [5.74, 6) is 0.232. The first kappa shape index (κ1) is 15.0. The van der Waals surface area contributed by atoms with Gasteiger partial charge in [-0.25, -0.2) is 9.78 Å². The first-order chi connectivity index (χ1) is 11.1. The van der Waals surface area contributed by atoms with Gasteiger partial charge in [-0.15, -0.1) is 0 Å². The predicted octanol–water partition coefficient (Wildman–Crippen LogP) is 3.60. The number of carbonyl (C=O) groups is 1. The van der Waals surface area contributed by atoms with Crippen LogP contribution in [0, 0.1) is 13.8 Å². The summed E-state index contributed by atoms with van der Waals surface area (Å²) in [5, 5.41) is 4.88. The van der Waals surface area contributed by atoms with Crippen molar-refractivity contribution in [1.82, 2.24) is 10.1 Å². The van der Waals surface area contributed by atoms with E-state index < -0.39 is 5.97 Å². The van der Waals surface area contributed by atoms with Crippen molar-refractivity contribution in [3.05, 3.63) is 65.2 Å². The van der Waals surface area contributed by atoms with Crippen LogP contribution in [0.3, 0.4) is 0 Å². The Balaban J connectivity index is 1.65. The van der Waals surface area contributed by atoms with Gasteiger partial charge in [0, 0.05) is 11.5 Å². The van der Waals surface area contributed by atoms with E-state index >= 15 is 0 Å². The maximum Gasteiger partial charge on any atom is 0.331 e. The lowest BCUT2D eigenvalue weighted by atomic mass is 10.2. The van der Waals surface area contributed by atoms with Gasteiger partial charge in [0.2, 0.25) is 0 Å². The first-order valence-electron chi connectivity index (χ1n) is 7.26. The zero-order chi connectivity index (χ0) is 16.2. The minimum Gasteiger partial charge on any atom is -0.457 e. The van der Waals surface area contributed by atoms with Crippen LogP contribution in [0.15, 0.2) is 47.0 Å². The average Bonchev–Trinajstić information content (AvgIpc) is 2.89. The Labute approximate surface area is 133 Å². The molecule has 2 aromatic heterocycles. The van der Waals surface area contributed by atoms with E-state index in [1.165, 1.54) is 6.08 Å². The summed E-state index contributed by atoms with van der Waals surface area (Å²) in [4.78, 5) is 16.3. The molecule has 3 aromatic rings. The molecule has 0 saturated carbocycles. The van der Waals surface area contributed by atoms with Gasteiger partial charge in [-0.05, 0) is 32.1 Å². The molecule has 0 saturated heterocycles. The Morgan fingerprint density at radius 1 is 1.22 bits per heavy atom. The molecule has 0 spiro atoms. The minimum absolute atomic E-state index is 0.148. The molecule has 0 bridgehead atoms. The molecule has 0 unspecified atom stereocenters. The third-order valence-electron chi connectivity index (χ3n) is 3.55. The lowest BCUT2D eigenvalue weighted by Gasteiger charge is -2.01. The summed E-state index contributed by atoms with van der Waals surface area (Å²) in [6.07, 6.45) is 3.01. The summed E-state index contributed by atoms with van der Waals surface area (Å²) in [5.41, 5.74) is 3.13. The molecule has 0 fully saturated rings. The number of ether oxygens (including phenoxy) is 1. The van der Waals surface area contributed by atoms with E-state index in [0.717, 1.165) is 22.2 Å². The van der Waals surface area contributed by atoms with E-state index in [0.29, 0.717) is 11.5 Å². The Kier molecular flexibility index (Phi) is 4.19. The van der Waals surface area contributed by atoms with Crippen LogP contribution in [0.25, 0.3) is 17.0 Å². The Morgan fingerprint density at radius 2 is 2.04 bits per heavy atom. The molecule has 5 heteroatoms. The Morgan fingerprint density at radius 3 is 2.83 bits per heavy atom. The van der Waals surface area contributed by atoms with Gasteiger partial charge < -0.3 is 9.26 Å². The molecule has 0 radical (unpaired) electrons. The summed E-state index contributed by atoms with van der Waals surface area (Å²) in [7, 11) is 0. The molecular formula is C18H16N2O3. The van der Waals surface area contributed by atoms with Crippen LogP contribution in [0.2, 0.25) is 0 Å². The highest BCUT2D eigenvalue weighted by atomic mass is 16.5. The highest BCUT2D eigenvalue weighted by Gasteiger charge is 2.10. The van der Waals surface area contributed by atoms with Gasteiger partial charge in [-0.3, -0.25) is 0 Å². The van der Waals surface area contributed by atoms with Crippen LogP contribution in [0.5, 0.6) is 0 Å². The molecular weight excluding hydrogens is 292 g/mol. The molecule has 0 aliphatic rings. The van der Waals surface area contributed by atoms with Crippen LogP contribution in [0.4, 0.5) is 0 Å². The number of fused-ring (bicyclic) bond motifs is 1. The number of aromatic nitrogens is 2. The van der Waals surface area contributed by atoms with Crippen LogP contribution >= 0.6 is 0 Å². The monoisotopic (exact) mass is 308 g/mol. The molecule has 5 nitrogen and oxygen atoms in total. The Bertz CT molecular complexity index is 861. The largest absolute Gasteiger partial charge is 0.457 e. The van der Waals surface area contributed by atoms with Crippen molar-refractivity contribution in [1.29, 1.82) is 0 Å². The quantitative estimate of drug-likeness (QED) is 0.544. The molecule has 0 aliphatic carbocycles. The molecule has 116 valence electrons. The summed E-state index contributed by atoms with van der Waals surface area (Å²) in [6.45, 7) is 3.75. The van der Waals surface area contributed by atoms with E-state index in [2.05, 4.69) is 10.1 Å². The lowest BCUT2D eigenvalue weighted by Crippen LogP contribution is -2.02. The van der Waals surface area contributed by atoms with E-state index in [9.17, 15) is 4.79 Å². The van der Waals surface area contributed by atoms with Gasteiger partial charge >= 0.3 is 5.97 Å². The zero-order valence-electron chi connectivity index (χ0n) is 12.9. The highest BCUT2D eigenvalue weighted by Crippen LogP contribution is 2.14. The van der Waals surface area contributed by atoms with Crippen LogP contribution < -0.4 is 0 Å². The number of para-hydroxylation sites is 1. The highest BCUT2D eigenvalue weighted by molar-refractivity contribution is 5.87. The van der Waals surface area contributed by atoms with Crippen molar-refractivity contribution in [2.24, 2.45) is 0 Å². The van der Waals surface area contributed by atoms with Crippen molar-refractivity contribution in [3.63, 3.8) is 0 Å². The SMILES string of the molecule is Cc1noc(C)c1COC(=O)/C=C/c1ccc2ccccc2n1. The number of pyridine rings is 1. The van der Waals surface area contributed by atoms with E-state index in [1.807, 2.05) is 43.3 Å². The molecule has 23 heavy (non-hydrogen) atoms. The van der Waals surface area contributed by atoms with Gasteiger partial charge in [0.05, 0.1) is 22.5 Å². The number of esters is 1. The number of hydrogen-bond acceptors (Lipinski definition) is 5. The first-order valence-corrected chi connectivity index (χ1v) is 7.26. The fourth-order valence-corrected chi connectivity index (χ4v) is 2.23. The summed E-state index contributed by atoms with van der Waals surface area (Å²) >= 11 is 0. The number of hydrogen-bond donors (Lipinski definition) is 0. The molecule has 1 aromatic carbocycles. The second-order valence-electron chi connectivity index (χ2n) is 5.17. The fourth-order valence-electron chi connectivity index (χ4n) is 2.23. The molecule has 0 N–H and O–H groups in total. The number of nitrogens with zero attached hydrogens (tertiary/aromatic N) is 2. The van der Waals surface area contributed by atoms with Crippen molar-refractivity contribution in [2.45, 2.75) is 20.5 Å². The van der Waals surface area contributed by atoms with Crippen molar-refractivity contribution < 1.29 is 14.1 Å². The van der Waals surface area contributed by atoms with Crippen LogP contribution in [-0.4, -0.2) is 16.1 Å². The number of carbonyl (C=O) groups excluding carboxylic acids is 1. The van der Waals surface area contributed by atoms with E-state index in [4.69, 9.17) is 9.26 Å². The second kappa shape index (κ2) is 6.44. The van der Waals surface area contributed by atoms with Gasteiger partial charge in [0.25, 0.3) is 0 Å². The lowest BCUT2D eigenvalue weighted by molar-refractivity contribution is -0.138. The second-order valence-corrected chi connectivity index (χ2v) is 5.17. The van der Waals surface area contributed by atoms with Crippen LogP contribution in [-0.2, 0) is 16.1 Å². The van der Waals surface area contributed by atoms with Crippen molar-refractivity contribution in [3.8, 4) is 0 Å². The summed E-state index contributed by atoms with van der Waals surface area (Å²) in [6, 6.07) is 11.7. The average molecular weight is 308 g/mol. The third kappa shape index (κ3) is 3.45. The number of rotatable bonds is 4. The molecule has 0 aliphatic heterocycles. The van der Waals surface area contributed by atoms with Gasteiger partial charge in [-0.1, -0.05) is 29.4 Å². The number of benzene rings is 1. The molecule has 0 atom stereocenters. The summed E-state index contributed by atoms with van der Waals surface area (Å²) < 4.78 is 10.2. The smallest absolute Gasteiger partial charge is 0.331 e. The van der Waals surface area contributed by atoms with Gasteiger partial charge in [-0.2, -0.15) is 0 Å². The van der Waals surface area contributed by atoms with Gasteiger partial charge in [0.1, 0.15) is 12.4 Å². The maximum absolute atomic E-state index is 11.8. The predicted molar refractivity (Wildman–Crippen MR) is 86.6 cm³/mol. The van der Waals surface area contributed by atoms with E-state index in [-0.39, 0.29) is 6.61 Å². The van der Waals surface area contributed by atoms with E-state index in [1.54, 1.807) is 13.0 Å². The Hall–Kier alpha value is -2.95. The van der Waals surface area contributed by atoms with Crippen molar-refractivity contribution in [2.75, 3.05) is 0 Å². The topological polar surface area (TPSA) is 65.2 Å². The molecule has 0 amide bonds. The standard InChI is InChI=1S/C18H16N2O3/c1-12-16(13(2)23-20-12)11-22-18(21)10-9-15-8-7-14-5-3-4-6-17(14)19-15/h3-10H,11H2,1-2H3/b10-9+. The van der Waals surface area contributed by atoms with Crippen molar-refractivity contribution >= 4 is 22.9 Å². The minimum atomic E-state index is -0.431. The van der Waals surface area contributed by atoms with Gasteiger partial charge in [0.15, 0.2) is 0 Å². The normalized spacial score (nSPS) is 11.2. The molecule has 2 heterocycles. The number of aryl methyl sites for hydroxylation is 2. The zero-order valence-corrected chi connectivity index (χ0v) is 12.9. The maximum atomic E-state index is 11.8.